The summed E-state index contributed by atoms with van der Waals surface area (Å²) < 4.78 is 32.2. The second-order valence-corrected chi connectivity index (χ2v) is 15.1. The molecule has 0 heterocycles. The number of rotatable bonds is 15. The molecule has 5 nitrogen and oxygen atoms in total. The lowest BCUT2D eigenvalue weighted by molar-refractivity contribution is 0.253. The first-order valence-electron chi connectivity index (χ1n) is 15.8. The summed E-state index contributed by atoms with van der Waals surface area (Å²) in [6, 6.07) is 25.1. The number of hydrogen-bond acceptors (Lipinski definition) is 6. The average Bonchev–Trinajstić information content (AvgIpc) is 3.00. The zero-order chi connectivity index (χ0) is 33.4. The fourth-order valence-electron chi connectivity index (χ4n) is 4.96. The molecule has 246 valence electrons. The van der Waals surface area contributed by atoms with Crippen LogP contribution in [0.1, 0.15) is 98.2 Å². The van der Waals surface area contributed by atoms with Gasteiger partial charge in [0.1, 0.15) is 23.0 Å². The molecule has 1 atom stereocenters. The van der Waals surface area contributed by atoms with E-state index in [0.29, 0.717) is 11.7 Å². The van der Waals surface area contributed by atoms with E-state index in [1.165, 1.54) is 0 Å². The van der Waals surface area contributed by atoms with Crippen molar-refractivity contribution < 1.29 is 22.6 Å². The highest BCUT2D eigenvalue weighted by atomic mass is 32.2. The molecule has 0 aromatic heterocycles. The van der Waals surface area contributed by atoms with Crippen molar-refractivity contribution in [1.82, 2.24) is 0 Å². The molecule has 0 aliphatic rings. The molecule has 0 aliphatic heterocycles. The molecule has 4 aromatic carbocycles. The Bertz CT molecular complexity index is 1550. The van der Waals surface area contributed by atoms with Crippen molar-refractivity contribution in [3.63, 3.8) is 0 Å². The lowest BCUT2D eigenvalue weighted by Gasteiger charge is -2.23. The first-order chi connectivity index (χ1) is 21.9. The van der Waals surface area contributed by atoms with E-state index in [9.17, 15) is 0 Å². The predicted octanol–water partition coefficient (Wildman–Crippen LogP) is 12.6. The summed E-state index contributed by atoms with van der Waals surface area (Å²) in [4.78, 5) is 1.11. The first kappa shape index (κ1) is 36.1. The van der Waals surface area contributed by atoms with E-state index in [-0.39, 0.29) is 27.5 Å². The smallest absolute Gasteiger partial charge is 0.440 e. The van der Waals surface area contributed by atoms with Crippen LogP contribution in [0.5, 0.6) is 23.0 Å². The van der Waals surface area contributed by atoms with E-state index in [1.807, 2.05) is 6.07 Å². The van der Waals surface area contributed by atoms with Gasteiger partial charge in [-0.15, -0.1) is 11.8 Å². The molecule has 0 bridgehead atoms. The number of hydrogen-bond donors (Lipinski definition) is 0. The van der Waals surface area contributed by atoms with Crippen LogP contribution in [-0.2, 0) is 11.1 Å². The molecule has 0 amide bonds. The van der Waals surface area contributed by atoms with Crippen molar-refractivity contribution in [3.05, 3.63) is 112 Å². The molecule has 0 aliphatic carbocycles. The summed E-state index contributed by atoms with van der Waals surface area (Å²) in [7, 11) is -2.04. The molecule has 8 heteroatoms. The zero-order valence-corrected chi connectivity index (χ0v) is 31.5. The molecule has 0 fully saturated rings. The van der Waals surface area contributed by atoms with E-state index in [0.717, 1.165) is 61.1 Å². The maximum Gasteiger partial charge on any atom is 0.463 e. The van der Waals surface area contributed by atoms with Gasteiger partial charge in [-0.2, -0.15) is 0 Å². The fraction of sp³-hybridized carbons (Fsp3) is 0.368. The number of benzene rings is 4. The van der Waals surface area contributed by atoms with Crippen LogP contribution in [0, 0.1) is 20.8 Å². The van der Waals surface area contributed by atoms with Gasteiger partial charge >= 0.3 is 8.60 Å². The summed E-state index contributed by atoms with van der Waals surface area (Å²) in [5.41, 5.74) is 7.68. The second-order valence-electron chi connectivity index (χ2n) is 12.5. The van der Waals surface area contributed by atoms with E-state index >= 15 is 0 Å². The fourth-order valence-corrected chi connectivity index (χ4v) is 7.05. The average molecular weight is 679 g/mol. The van der Waals surface area contributed by atoms with Gasteiger partial charge in [0, 0.05) is 10.5 Å². The van der Waals surface area contributed by atoms with Crippen molar-refractivity contribution in [3.8, 4) is 23.0 Å². The van der Waals surface area contributed by atoms with Gasteiger partial charge in [0.05, 0.1) is 6.61 Å². The molecule has 0 saturated heterocycles. The number of thioether (sulfide) groups is 1. The van der Waals surface area contributed by atoms with E-state index < -0.39 is 8.60 Å². The standard InChI is InChI=1S/C38H48O5P2S/c1-24(2)32-15-11-27(7)19-36(32)41-44-40-35-18-14-31(46-10)22-30(35)23-39-45(42-37-20-28(8)12-16-33(37)25(3)4)43-38-21-29(9)13-17-34(38)26(5)6/h11-22,24-26,44H,23H2,1-10H3. The Morgan fingerprint density at radius 3 is 1.52 bits per heavy atom. The SMILES string of the molecule is CSc1ccc(OPOc2cc(C)ccc2C(C)C)c(COP(Oc2cc(C)ccc2C(C)C)Oc2cc(C)ccc2C(C)C)c1. The zero-order valence-electron chi connectivity index (χ0n) is 28.8. The van der Waals surface area contributed by atoms with Crippen LogP contribution >= 0.6 is 29.4 Å². The van der Waals surface area contributed by atoms with E-state index in [1.54, 1.807) is 11.8 Å². The summed E-state index contributed by atoms with van der Waals surface area (Å²) in [5.74, 6) is 4.03. The van der Waals surface area contributed by atoms with Crippen LogP contribution in [0.15, 0.2) is 77.7 Å². The van der Waals surface area contributed by atoms with Crippen LogP contribution in [0.4, 0.5) is 0 Å². The Hall–Kier alpha value is -2.75. The minimum atomic E-state index is -1.83. The van der Waals surface area contributed by atoms with Gasteiger partial charge in [-0.1, -0.05) is 77.9 Å². The molecular weight excluding hydrogens is 630 g/mol. The quantitative estimate of drug-likeness (QED) is 0.0921. The number of aryl methyl sites for hydroxylation is 3. The maximum absolute atomic E-state index is 6.62. The van der Waals surface area contributed by atoms with Gasteiger partial charge in [0.25, 0.3) is 9.03 Å². The molecule has 0 N–H and O–H groups in total. The summed E-state index contributed by atoms with van der Waals surface area (Å²) in [5, 5.41) is 0. The third-order valence-corrected chi connectivity index (χ3v) is 9.98. The van der Waals surface area contributed by atoms with Gasteiger partial charge in [0.15, 0.2) is 0 Å². The first-order valence-corrected chi connectivity index (χ1v) is 18.9. The lowest BCUT2D eigenvalue weighted by Crippen LogP contribution is -2.05. The molecule has 0 saturated carbocycles. The molecule has 0 spiro atoms. The Labute approximate surface area is 283 Å². The second kappa shape index (κ2) is 16.9. The molecule has 1 unspecified atom stereocenters. The monoisotopic (exact) mass is 678 g/mol. The molecule has 4 rings (SSSR count). The Morgan fingerprint density at radius 2 is 1.04 bits per heavy atom. The highest BCUT2D eigenvalue weighted by Gasteiger charge is 2.24. The summed E-state index contributed by atoms with van der Waals surface area (Å²) in [6.45, 7) is 19.5. The summed E-state index contributed by atoms with van der Waals surface area (Å²) >= 11 is 1.67. The normalized spacial score (nSPS) is 11.8. The predicted molar refractivity (Wildman–Crippen MR) is 197 cm³/mol. The van der Waals surface area contributed by atoms with Gasteiger partial charge < -0.3 is 18.1 Å². The van der Waals surface area contributed by atoms with Gasteiger partial charge in [-0.3, -0.25) is 4.52 Å². The van der Waals surface area contributed by atoms with E-state index in [2.05, 4.69) is 135 Å². The minimum Gasteiger partial charge on any atom is -0.440 e. The lowest BCUT2D eigenvalue weighted by atomic mass is 10.0. The highest BCUT2D eigenvalue weighted by molar-refractivity contribution is 7.98. The van der Waals surface area contributed by atoms with Crippen molar-refractivity contribution in [1.29, 1.82) is 0 Å². The van der Waals surface area contributed by atoms with Crippen molar-refractivity contribution in [2.24, 2.45) is 0 Å². The third-order valence-electron chi connectivity index (χ3n) is 7.62. The van der Waals surface area contributed by atoms with Crippen LogP contribution in [-0.4, -0.2) is 6.26 Å². The third kappa shape index (κ3) is 9.88. The van der Waals surface area contributed by atoms with Crippen LogP contribution in [0.25, 0.3) is 0 Å². The Kier molecular flexibility index (Phi) is 13.2. The van der Waals surface area contributed by atoms with Crippen LogP contribution in [0.3, 0.4) is 0 Å². The van der Waals surface area contributed by atoms with Crippen molar-refractivity contribution in [2.45, 2.75) is 91.6 Å². The van der Waals surface area contributed by atoms with Gasteiger partial charge in [-0.05, 0) is 115 Å². The van der Waals surface area contributed by atoms with Crippen molar-refractivity contribution >= 4 is 29.4 Å². The Balaban J connectivity index is 1.61. The van der Waals surface area contributed by atoms with Crippen LogP contribution in [0.2, 0.25) is 0 Å². The van der Waals surface area contributed by atoms with Crippen LogP contribution < -0.4 is 18.1 Å². The topological polar surface area (TPSA) is 46.2 Å². The molecule has 0 radical (unpaired) electrons. The van der Waals surface area contributed by atoms with E-state index in [4.69, 9.17) is 22.6 Å². The largest absolute Gasteiger partial charge is 0.463 e. The molecular formula is C38H48O5P2S. The van der Waals surface area contributed by atoms with Gasteiger partial charge in [0.2, 0.25) is 0 Å². The van der Waals surface area contributed by atoms with Crippen molar-refractivity contribution in [2.75, 3.05) is 6.26 Å². The molecule has 4 aromatic rings. The summed E-state index contributed by atoms with van der Waals surface area (Å²) in [6.07, 6.45) is 2.06. The molecule has 46 heavy (non-hydrogen) atoms. The minimum absolute atomic E-state index is 0.211. The highest BCUT2D eigenvalue weighted by Crippen LogP contribution is 2.47. The Morgan fingerprint density at radius 1 is 0.587 bits per heavy atom. The van der Waals surface area contributed by atoms with Gasteiger partial charge in [-0.25, -0.2) is 0 Å². The maximum atomic E-state index is 6.62.